The predicted molar refractivity (Wildman–Crippen MR) is 100 cm³/mol. The number of likely N-dealkylation sites (N-methyl/N-ethyl adjacent to an activating group) is 1. The normalized spacial score (nSPS) is 16.5. The largest absolute Gasteiger partial charge is 0.457 e. The summed E-state index contributed by atoms with van der Waals surface area (Å²) >= 11 is 7.10. The Morgan fingerprint density at radius 1 is 1.20 bits per heavy atom. The molecule has 0 atom stereocenters. The standard InChI is InChI=1S/C18H17ClN2O3S/c1-20(2)9-10-21-17(22)16(25-18(21)23)11-12-7-8-15(24-12)13-5-3-4-6-14(13)19/h3-8,11H,9-10H2,1-2H3/b16-11-. The molecule has 0 spiro atoms. The topological polar surface area (TPSA) is 53.8 Å². The van der Waals surface area contributed by atoms with Crippen molar-refractivity contribution in [1.29, 1.82) is 0 Å². The molecule has 0 radical (unpaired) electrons. The molecule has 1 aromatic carbocycles. The average molecular weight is 377 g/mol. The van der Waals surface area contributed by atoms with Gasteiger partial charge in [0.15, 0.2) is 0 Å². The van der Waals surface area contributed by atoms with Gasteiger partial charge in [-0.25, -0.2) is 0 Å². The molecule has 0 bridgehead atoms. The second-order valence-electron chi connectivity index (χ2n) is 5.82. The summed E-state index contributed by atoms with van der Waals surface area (Å²) in [5.41, 5.74) is 0.780. The molecular formula is C18H17ClN2O3S. The molecule has 1 fully saturated rings. The van der Waals surface area contributed by atoms with Gasteiger partial charge in [-0.3, -0.25) is 14.5 Å². The monoisotopic (exact) mass is 376 g/mol. The van der Waals surface area contributed by atoms with E-state index in [0.717, 1.165) is 17.3 Å². The molecule has 3 rings (SSSR count). The molecule has 7 heteroatoms. The third kappa shape index (κ3) is 3.98. The number of carbonyl (C=O) groups excluding carboxylic acids is 2. The lowest BCUT2D eigenvalue weighted by Crippen LogP contribution is -2.34. The van der Waals surface area contributed by atoms with E-state index >= 15 is 0 Å². The van der Waals surface area contributed by atoms with Gasteiger partial charge in [-0.2, -0.15) is 0 Å². The summed E-state index contributed by atoms with van der Waals surface area (Å²) in [5, 5.41) is 0.336. The SMILES string of the molecule is CN(C)CCN1C(=O)S/C(=C\c2ccc(-c3ccccc3Cl)o2)C1=O. The second kappa shape index (κ2) is 7.47. The molecular weight excluding hydrogens is 360 g/mol. The van der Waals surface area contributed by atoms with E-state index in [2.05, 4.69) is 0 Å². The molecule has 2 aromatic rings. The van der Waals surface area contributed by atoms with Crippen LogP contribution in [0, 0.1) is 0 Å². The molecule has 1 aliphatic rings. The van der Waals surface area contributed by atoms with Crippen LogP contribution < -0.4 is 0 Å². The van der Waals surface area contributed by atoms with E-state index in [1.807, 2.05) is 37.2 Å². The first kappa shape index (κ1) is 17.8. The van der Waals surface area contributed by atoms with Crippen molar-refractivity contribution in [3.05, 3.63) is 52.1 Å². The van der Waals surface area contributed by atoms with Gasteiger partial charge in [-0.15, -0.1) is 0 Å². The molecule has 0 unspecified atom stereocenters. The molecule has 0 saturated carbocycles. The molecule has 1 aromatic heterocycles. The van der Waals surface area contributed by atoms with Gasteiger partial charge in [0.1, 0.15) is 11.5 Å². The van der Waals surface area contributed by atoms with Crippen LogP contribution in [0.2, 0.25) is 5.02 Å². The Balaban J connectivity index is 1.79. The zero-order valence-corrected chi connectivity index (χ0v) is 15.4. The van der Waals surface area contributed by atoms with Crippen molar-refractivity contribution in [2.45, 2.75) is 0 Å². The van der Waals surface area contributed by atoms with Crippen molar-refractivity contribution in [3.63, 3.8) is 0 Å². The van der Waals surface area contributed by atoms with Crippen LogP contribution in [-0.2, 0) is 4.79 Å². The van der Waals surface area contributed by atoms with Crippen molar-refractivity contribution >= 4 is 40.6 Å². The van der Waals surface area contributed by atoms with Crippen molar-refractivity contribution in [2.75, 3.05) is 27.2 Å². The summed E-state index contributed by atoms with van der Waals surface area (Å²) in [6, 6.07) is 10.9. The van der Waals surface area contributed by atoms with E-state index in [4.69, 9.17) is 16.0 Å². The summed E-state index contributed by atoms with van der Waals surface area (Å²) in [5.74, 6) is 0.837. The van der Waals surface area contributed by atoms with Gasteiger partial charge in [0.2, 0.25) is 0 Å². The number of carbonyl (C=O) groups is 2. The summed E-state index contributed by atoms with van der Waals surface area (Å²) in [6.45, 7) is 1.00. The van der Waals surface area contributed by atoms with E-state index in [0.29, 0.717) is 34.5 Å². The van der Waals surface area contributed by atoms with Gasteiger partial charge in [0, 0.05) is 24.7 Å². The molecule has 2 heterocycles. The number of hydrogen-bond acceptors (Lipinski definition) is 5. The first-order valence-electron chi connectivity index (χ1n) is 7.70. The van der Waals surface area contributed by atoms with Crippen molar-refractivity contribution in [2.24, 2.45) is 0 Å². The summed E-state index contributed by atoms with van der Waals surface area (Å²) in [7, 11) is 3.79. The molecule has 5 nitrogen and oxygen atoms in total. The van der Waals surface area contributed by atoms with Crippen LogP contribution in [0.4, 0.5) is 4.79 Å². The number of nitrogens with zero attached hydrogens (tertiary/aromatic N) is 2. The Hall–Kier alpha value is -2.02. The van der Waals surface area contributed by atoms with E-state index in [1.54, 1.807) is 24.3 Å². The molecule has 25 heavy (non-hydrogen) atoms. The number of furan rings is 1. The number of amides is 2. The van der Waals surface area contributed by atoms with E-state index in [-0.39, 0.29) is 11.1 Å². The van der Waals surface area contributed by atoms with Crippen LogP contribution in [-0.4, -0.2) is 48.1 Å². The highest BCUT2D eigenvalue weighted by molar-refractivity contribution is 8.18. The lowest BCUT2D eigenvalue weighted by molar-refractivity contribution is -0.122. The van der Waals surface area contributed by atoms with Crippen LogP contribution in [0.15, 0.2) is 45.7 Å². The molecule has 0 aliphatic carbocycles. The Morgan fingerprint density at radius 2 is 1.96 bits per heavy atom. The highest BCUT2D eigenvalue weighted by Crippen LogP contribution is 2.34. The number of rotatable bonds is 5. The van der Waals surface area contributed by atoms with Crippen molar-refractivity contribution in [1.82, 2.24) is 9.80 Å². The minimum atomic E-state index is -0.285. The number of hydrogen-bond donors (Lipinski definition) is 0. The Kier molecular flexibility index (Phi) is 5.32. The third-order valence-electron chi connectivity index (χ3n) is 3.68. The predicted octanol–water partition coefficient (Wildman–Crippen LogP) is 4.20. The average Bonchev–Trinajstić information content (AvgIpc) is 3.12. The molecule has 1 saturated heterocycles. The zero-order valence-electron chi connectivity index (χ0n) is 13.9. The highest BCUT2D eigenvalue weighted by atomic mass is 35.5. The third-order valence-corrected chi connectivity index (χ3v) is 4.92. The minimum absolute atomic E-state index is 0.254. The molecule has 1 aliphatic heterocycles. The lowest BCUT2D eigenvalue weighted by Gasteiger charge is -2.15. The zero-order chi connectivity index (χ0) is 18.0. The number of thioether (sulfide) groups is 1. The van der Waals surface area contributed by atoms with Crippen LogP contribution in [0.25, 0.3) is 17.4 Å². The number of benzene rings is 1. The quantitative estimate of drug-likeness (QED) is 0.732. The Bertz CT molecular complexity index is 844. The maximum absolute atomic E-state index is 12.4. The van der Waals surface area contributed by atoms with Gasteiger partial charge in [0.25, 0.3) is 11.1 Å². The van der Waals surface area contributed by atoms with Crippen LogP contribution in [0.1, 0.15) is 5.76 Å². The Labute approximate surface area is 155 Å². The molecule has 0 N–H and O–H groups in total. The van der Waals surface area contributed by atoms with E-state index in [9.17, 15) is 9.59 Å². The fourth-order valence-corrected chi connectivity index (χ4v) is 3.43. The summed E-state index contributed by atoms with van der Waals surface area (Å²) < 4.78 is 5.77. The van der Waals surface area contributed by atoms with Crippen molar-refractivity contribution < 1.29 is 14.0 Å². The van der Waals surface area contributed by atoms with Gasteiger partial charge in [-0.05, 0) is 50.1 Å². The van der Waals surface area contributed by atoms with Gasteiger partial charge < -0.3 is 9.32 Å². The van der Waals surface area contributed by atoms with Crippen LogP contribution in [0.5, 0.6) is 0 Å². The fourth-order valence-electron chi connectivity index (χ4n) is 2.36. The van der Waals surface area contributed by atoms with E-state index < -0.39 is 0 Å². The number of imide groups is 1. The van der Waals surface area contributed by atoms with Gasteiger partial charge >= 0.3 is 0 Å². The lowest BCUT2D eigenvalue weighted by atomic mass is 10.2. The van der Waals surface area contributed by atoms with Crippen LogP contribution in [0.3, 0.4) is 0 Å². The molecule has 130 valence electrons. The second-order valence-corrected chi connectivity index (χ2v) is 7.22. The highest BCUT2D eigenvalue weighted by Gasteiger charge is 2.34. The fraction of sp³-hybridized carbons (Fsp3) is 0.222. The van der Waals surface area contributed by atoms with Crippen molar-refractivity contribution in [3.8, 4) is 11.3 Å². The van der Waals surface area contributed by atoms with E-state index in [1.165, 1.54) is 4.90 Å². The van der Waals surface area contributed by atoms with Gasteiger partial charge in [-0.1, -0.05) is 23.7 Å². The minimum Gasteiger partial charge on any atom is -0.457 e. The molecule has 2 amide bonds. The summed E-state index contributed by atoms with van der Waals surface area (Å²) in [4.78, 5) is 28.0. The van der Waals surface area contributed by atoms with Gasteiger partial charge in [0.05, 0.1) is 9.93 Å². The summed E-state index contributed by atoms with van der Waals surface area (Å²) in [6.07, 6.45) is 1.60. The smallest absolute Gasteiger partial charge is 0.293 e. The Morgan fingerprint density at radius 3 is 2.68 bits per heavy atom. The maximum atomic E-state index is 12.4. The number of halogens is 1. The van der Waals surface area contributed by atoms with Crippen LogP contribution >= 0.6 is 23.4 Å². The maximum Gasteiger partial charge on any atom is 0.293 e. The first-order chi connectivity index (χ1) is 12.0. The first-order valence-corrected chi connectivity index (χ1v) is 8.90.